The van der Waals surface area contributed by atoms with Crippen molar-refractivity contribution in [2.24, 2.45) is 0 Å². The molecule has 0 amide bonds. The Hall–Kier alpha value is -2.24. The van der Waals surface area contributed by atoms with Crippen molar-refractivity contribution in [3.8, 4) is 5.75 Å². The maximum Gasteiger partial charge on any atom is 0.335 e. The van der Waals surface area contributed by atoms with E-state index >= 15 is 0 Å². The molecule has 0 bridgehead atoms. The Morgan fingerprint density at radius 1 is 1.15 bits per heavy atom. The Labute approximate surface area is 157 Å². The first-order valence-electron chi connectivity index (χ1n) is 8.81. The predicted molar refractivity (Wildman–Crippen MR) is 105 cm³/mol. The number of aromatic carboxylic acids is 1. The summed E-state index contributed by atoms with van der Waals surface area (Å²) in [6.07, 6.45) is 2.23. The fourth-order valence-electron chi connectivity index (χ4n) is 3.43. The zero-order valence-electron chi connectivity index (χ0n) is 14.5. The van der Waals surface area contributed by atoms with Gasteiger partial charge in [0.15, 0.2) is 0 Å². The summed E-state index contributed by atoms with van der Waals surface area (Å²) in [4.78, 5) is 13.9. The van der Waals surface area contributed by atoms with Crippen molar-refractivity contribution in [1.82, 2.24) is 4.90 Å². The highest BCUT2D eigenvalue weighted by atomic mass is 32.2. The van der Waals surface area contributed by atoms with Crippen LogP contribution in [0.3, 0.4) is 0 Å². The Balaban J connectivity index is 1.79. The average molecular weight is 367 g/mol. The number of carbonyl (C=O) groups is 1. The Morgan fingerprint density at radius 2 is 1.96 bits per heavy atom. The molecular formula is C21H21NO3S. The third kappa shape index (κ3) is 3.50. The summed E-state index contributed by atoms with van der Waals surface area (Å²) in [5.74, 6) is 2.16. The first-order valence-corrected chi connectivity index (χ1v) is 9.97. The number of benzene rings is 2. The maximum atomic E-state index is 11.5. The van der Waals surface area contributed by atoms with Crippen LogP contribution >= 0.6 is 11.8 Å². The van der Waals surface area contributed by atoms with Crippen molar-refractivity contribution < 1.29 is 14.6 Å². The van der Waals surface area contributed by atoms with Crippen LogP contribution in [0, 0.1) is 0 Å². The number of ether oxygens (including phenoxy) is 1. The molecular weight excluding hydrogens is 346 g/mol. The predicted octanol–water partition coefficient (Wildman–Crippen LogP) is 3.76. The lowest BCUT2D eigenvalue weighted by molar-refractivity contribution is 0.0697. The standard InChI is InChI=1S/C21H21NO3S/c23-21(24)15-5-6-20-19(13-15)18(7-8-22-9-11-26-12-10-22)17-4-2-1-3-16(17)14-25-20/h1-7,13H,8-12,14H2,(H,23,24). The minimum atomic E-state index is -0.919. The molecule has 0 aromatic heterocycles. The number of hydrogen-bond donors (Lipinski definition) is 1. The van der Waals surface area contributed by atoms with E-state index in [0.717, 1.165) is 47.6 Å². The maximum absolute atomic E-state index is 11.5. The largest absolute Gasteiger partial charge is 0.488 e. The van der Waals surface area contributed by atoms with Crippen LogP contribution in [-0.4, -0.2) is 47.1 Å². The summed E-state index contributed by atoms with van der Waals surface area (Å²) in [5, 5.41) is 9.40. The second kappa shape index (κ2) is 7.56. The lowest BCUT2D eigenvalue weighted by atomic mass is 9.93. The van der Waals surface area contributed by atoms with Crippen molar-refractivity contribution in [3.63, 3.8) is 0 Å². The molecule has 2 aliphatic rings. The van der Waals surface area contributed by atoms with Gasteiger partial charge in [-0.1, -0.05) is 30.3 Å². The quantitative estimate of drug-likeness (QED) is 0.895. The average Bonchev–Trinajstić information content (AvgIpc) is 2.83. The summed E-state index contributed by atoms with van der Waals surface area (Å²) < 4.78 is 5.98. The van der Waals surface area contributed by atoms with Gasteiger partial charge in [-0.15, -0.1) is 0 Å². The molecule has 1 N–H and O–H groups in total. The molecule has 0 spiro atoms. The van der Waals surface area contributed by atoms with Crippen LogP contribution in [0.2, 0.25) is 0 Å². The minimum absolute atomic E-state index is 0.284. The molecule has 0 atom stereocenters. The number of carboxylic acids is 1. The zero-order chi connectivity index (χ0) is 17.9. The summed E-state index contributed by atoms with van der Waals surface area (Å²) in [5.41, 5.74) is 4.46. The van der Waals surface area contributed by atoms with Gasteiger partial charge in [0.2, 0.25) is 0 Å². The fraction of sp³-hybridized carbons (Fsp3) is 0.286. The summed E-state index contributed by atoms with van der Waals surface area (Å²) >= 11 is 2.00. The van der Waals surface area contributed by atoms with Gasteiger partial charge in [-0.2, -0.15) is 11.8 Å². The van der Waals surface area contributed by atoms with Gasteiger partial charge in [0.05, 0.1) is 5.56 Å². The van der Waals surface area contributed by atoms with Crippen LogP contribution in [0.1, 0.15) is 27.0 Å². The van der Waals surface area contributed by atoms with Crippen LogP contribution < -0.4 is 4.74 Å². The molecule has 4 nitrogen and oxygen atoms in total. The third-order valence-electron chi connectivity index (χ3n) is 4.86. The van der Waals surface area contributed by atoms with Gasteiger partial charge in [-0.3, -0.25) is 4.90 Å². The van der Waals surface area contributed by atoms with Gasteiger partial charge >= 0.3 is 5.97 Å². The van der Waals surface area contributed by atoms with E-state index in [2.05, 4.69) is 23.1 Å². The Morgan fingerprint density at radius 3 is 2.77 bits per heavy atom. The number of thioether (sulfide) groups is 1. The molecule has 5 heteroatoms. The van der Waals surface area contributed by atoms with Crippen molar-refractivity contribution in [3.05, 3.63) is 70.8 Å². The molecule has 0 saturated carbocycles. The van der Waals surface area contributed by atoms with Gasteiger partial charge in [-0.05, 0) is 34.9 Å². The minimum Gasteiger partial charge on any atom is -0.488 e. The lowest BCUT2D eigenvalue weighted by Gasteiger charge is -2.25. The van der Waals surface area contributed by atoms with E-state index in [-0.39, 0.29) is 5.56 Å². The molecule has 26 heavy (non-hydrogen) atoms. The smallest absolute Gasteiger partial charge is 0.335 e. The van der Waals surface area contributed by atoms with E-state index in [1.54, 1.807) is 18.2 Å². The van der Waals surface area contributed by atoms with Gasteiger partial charge in [0.25, 0.3) is 0 Å². The monoisotopic (exact) mass is 367 g/mol. The highest BCUT2D eigenvalue weighted by Crippen LogP contribution is 2.37. The van der Waals surface area contributed by atoms with E-state index in [9.17, 15) is 9.90 Å². The first-order chi connectivity index (χ1) is 12.7. The van der Waals surface area contributed by atoms with Crippen LogP contribution in [-0.2, 0) is 6.61 Å². The third-order valence-corrected chi connectivity index (χ3v) is 5.81. The molecule has 0 radical (unpaired) electrons. The number of hydrogen-bond acceptors (Lipinski definition) is 4. The van der Waals surface area contributed by atoms with Crippen LogP contribution in [0.5, 0.6) is 5.75 Å². The Kier molecular flexibility index (Phi) is 5.00. The van der Waals surface area contributed by atoms with Crippen LogP contribution in [0.4, 0.5) is 0 Å². The van der Waals surface area contributed by atoms with E-state index < -0.39 is 5.97 Å². The first kappa shape index (κ1) is 17.2. The number of carboxylic acid groups (broad SMARTS) is 1. The van der Waals surface area contributed by atoms with E-state index in [1.807, 2.05) is 23.9 Å². The second-order valence-corrected chi connectivity index (χ2v) is 7.72. The van der Waals surface area contributed by atoms with Crippen molar-refractivity contribution >= 4 is 23.3 Å². The highest BCUT2D eigenvalue weighted by molar-refractivity contribution is 7.99. The van der Waals surface area contributed by atoms with Gasteiger partial charge < -0.3 is 9.84 Å². The van der Waals surface area contributed by atoms with Crippen molar-refractivity contribution in [2.45, 2.75) is 6.61 Å². The Bertz CT molecular complexity index is 856. The molecule has 4 rings (SSSR count). The van der Waals surface area contributed by atoms with Crippen molar-refractivity contribution in [1.29, 1.82) is 0 Å². The highest BCUT2D eigenvalue weighted by Gasteiger charge is 2.21. The van der Waals surface area contributed by atoms with Crippen LogP contribution in [0.15, 0.2) is 48.5 Å². The van der Waals surface area contributed by atoms with Gasteiger partial charge in [-0.25, -0.2) is 4.79 Å². The molecule has 1 saturated heterocycles. The molecule has 2 aromatic carbocycles. The fourth-order valence-corrected chi connectivity index (χ4v) is 4.41. The molecule has 2 aromatic rings. The van der Waals surface area contributed by atoms with E-state index in [1.165, 1.54) is 11.5 Å². The zero-order valence-corrected chi connectivity index (χ0v) is 15.3. The summed E-state index contributed by atoms with van der Waals surface area (Å²) in [6, 6.07) is 13.3. The molecule has 2 aliphatic heterocycles. The number of nitrogens with zero attached hydrogens (tertiary/aromatic N) is 1. The second-order valence-electron chi connectivity index (χ2n) is 6.49. The molecule has 134 valence electrons. The lowest BCUT2D eigenvalue weighted by Crippen LogP contribution is -2.32. The number of fused-ring (bicyclic) bond motifs is 2. The summed E-state index contributed by atoms with van der Waals surface area (Å²) in [6.45, 7) is 3.54. The molecule has 0 aliphatic carbocycles. The SMILES string of the molecule is O=C(O)c1ccc2c(c1)C(=CCN1CCSCC1)c1ccccc1CO2. The molecule has 0 unspecified atom stereocenters. The van der Waals surface area contributed by atoms with E-state index in [4.69, 9.17) is 4.74 Å². The molecule has 1 fully saturated rings. The van der Waals surface area contributed by atoms with E-state index in [0.29, 0.717) is 6.61 Å². The summed E-state index contributed by atoms with van der Waals surface area (Å²) in [7, 11) is 0. The van der Waals surface area contributed by atoms with Crippen molar-refractivity contribution in [2.75, 3.05) is 31.1 Å². The van der Waals surface area contributed by atoms with Gasteiger partial charge in [0.1, 0.15) is 12.4 Å². The topological polar surface area (TPSA) is 49.8 Å². The number of rotatable bonds is 3. The molecule has 2 heterocycles. The van der Waals surface area contributed by atoms with Crippen LogP contribution in [0.25, 0.3) is 5.57 Å². The normalized spacial score (nSPS) is 18.5. The van der Waals surface area contributed by atoms with Gasteiger partial charge in [0, 0.05) is 36.7 Å².